The topological polar surface area (TPSA) is 29.5 Å². The summed E-state index contributed by atoms with van der Waals surface area (Å²) >= 11 is 5.23. The fourth-order valence-electron chi connectivity index (χ4n) is 1.42. The summed E-state index contributed by atoms with van der Waals surface area (Å²) in [6, 6.07) is 0. The molecule has 0 saturated carbocycles. The number of carbonyl (C=O) groups excluding carboxylic acids is 1. The zero-order valence-electron chi connectivity index (χ0n) is 7.80. The first-order chi connectivity index (χ1) is 6.29. The van der Waals surface area contributed by atoms with Crippen LogP contribution in [0, 0.1) is 0 Å². The van der Waals surface area contributed by atoms with Gasteiger partial charge in [0.05, 0.1) is 13.2 Å². The number of nitrogens with zero attached hydrogens (tertiary/aromatic N) is 1. The van der Waals surface area contributed by atoms with Crippen molar-refractivity contribution in [2.45, 2.75) is 19.3 Å². The third kappa shape index (κ3) is 5.24. The van der Waals surface area contributed by atoms with E-state index in [1.165, 1.54) is 0 Å². The summed E-state index contributed by atoms with van der Waals surface area (Å²) in [5, 5.41) is -0.220. The van der Waals surface area contributed by atoms with Crippen molar-refractivity contribution in [2.24, 2.45) is 0 Å². The molecule has 0 unspecified atom stereocenters. The van der Waals surface area contributed by atoms with E-state index < -0.39 is 0 Å². The van der Waals surface area contributed by atoms with Crippen LogP contribution in [0.2, 0.25) is 0 Å². The lowest BCUT2D eigenvalue weighted by molar-refractivity contribution is -0.111. The molecule has 1 heterocycles. The molecule has 0 spiro atoms. The van der Waals surface area contributed by atoms with Crippen LogP contribution in [0.25, 0.3) is 0 Å². The molecule has 1 rings (SSSR count). The van der Waals surface area contributed by atoms with E-state index in [2.05, 4.69) is 4.90 Å². The number of hydrogen-bond donors (Lipinski definition) is 0. The number of rotatable bonds is 5. The summed E-state index contributed by atoms with van der Waals surface area (Å²) in [5.41, 5.74) is 0. The van der Waals surface area contributed by atoms with Crippen molar-refractivity contribution in [3.63, 3.8) is 0 Å². The minimum atomic E-state index is -0.220. The number of hydrogen-bond acceptors (Lipinski definition) is 3. The molecule has 0 amide bonds. The van der Waals surface area contributed by atoms with E-state index in [1.807, 2.05) is 0 Å². The highest BCUT2D eigenvalue weighted by atomic mass is 35.5. The second-order valence-electron chi connectivity index (χ2n) is 3.27. The summed E-state index contributed by atoms with van der Waals surface area (Å²) in [6.07, 6.45) is 2.46. The first-order valence-electron chi connectivity index (χ1n) is 4.77. The first-order valence-corrected chi connectivity index (χ1v) is 5.15. The quantitative estimate of drug-likeness (QED) is 0.500. The van der Waals surface area contributed by atoms with Gasteiger partial charge in [0.1, 0.15) is 0 Å². The van der Waals surface area contributed by atoms with Crippen molar-refractivity contribution >= 4 is 16.8 Å². The fraction of sp³-hybridized carbons (Fsp3) is 0.889. The first kappa shape index (κ1) is 11.0. The molecule has 0 aromatic rings. The Bertz CT molecular complexity index is 158. The predicted molar refractivity (Wildman–Crippen MR) is 52.0 cm³/mol. The van der Waals surface area contributed by atoms with Gasteiger partial charge in [-0.3, -0.25) is 9.69 Å². The van der Waals surface area contributed by atoms with Crippen LogP contribution < -0.4 is 0 Å². The average Bonchev–Trinajstić information content (AvgIpc) is 2.14. The van der Waals surface area contributed by atoms with Crippen LogP contribution in [0.3, 0.4) is 0 Å². The van der Waals surface area contributed by atoms with Crippen LogP contribution in [-0.2, 0) is 9.53 Å². The van der Waals surface area contributed by atoms with Crippen molar-refractivity contribution in [3.05, 3.63) is 0 Å². The largest absolute Gasteiger partial charge is 0.379 e. The van der Waals surface area contributed by atoms with Gasteiger partial charge in [0, 0.05) is 19.5 Å². The number of unbranched alkanes of at least 4 members (excludes halogenated alkanes) is 1. The zero-order chi connectivity index (χ0) is 9.52. The van der Waals surface area contributed by atoms with E-state index in [9.17, 15) is 4.79 Å². The molecule has 0 radical (unpaired) electrons. The molecule has 1 aliphatic rings. The molecule has 0 bridgehead atoms. The molecule has 0 N–H and O–H groups in total. The lowest BCUT2D eigenvalue weighted by atomic mass is 10.2. The Balaban J connectivity index is 1.95. The summed E-state index contributed by atoms with van der Waals surface area (Å²) < 4.78 is 5.23. The minimum Gasteiger partial charge on any atom is -0.379 e. The Hall–Kier alpha value is -0.120. The molecular weight excluding hydrogens is 190 g/mol. The number of ether oxygens (including phenoxy) is 1. The molecule has 0 aromatic carbocycles. The Morgan fingerprint density at radius 2 is 2.00 bits per heavy atom. The predicted octanol–water partition coefficient (Wildman–Crippen LogP) is 1.25. The van der Waals surface area contributed by atoms with Gasteiger partial charge in [0.25, 0.3) is 0 Å². The number of morpholine rings is 1. The molecule has 1 aliphatic heterocycles. The summed E-state index contributed by atoms with van der Waals surface area (Å²) in [6.45, 7) is 4.79. The molecule has 1 fully saturated rings. The minimum absolute atomic E-state index is 0.220. The van der Waals surface area contributed by atoms with E-state index in [4.69, 9.17) is 16.3 Å². The maximum absolute atomic E-state index is 10.4. The SMILES string of the molecule is O=C(Cl)CCCCN1CCOCC1. The van der Waals surface area contributed by atoms with Crippen molar-refractivity contribution in [1.29, 1.82) is 0 Å². The third-order valence-electron chi connectivity index (χ3n) is 2.20. The van der Waals surface area contributed by atoms with Crippen molar-refractivity contribution < 1.29 is 9.53 Å². The van der Waals surface area contributed by atoms with Gasteiger partial charge in [-0.05, 0) is 31.0 Å². The van der Waals surface area contributed by atoms with Gasteiger partial charge in [-0.2, -0.15) is 0 Å². The van der Waals surface area contributed by atoms with Crippen LogP contribution >= 0.6 is 11.6 Å². The van der Waals surface area contributed by atoms with Gasteiger partial charge in [0.2, 0.25) is 5.24 Å². The van der Waals surface area contributed by atoms with E-state index in [-0.39, 0.29) is 5.24 Å². The van der Waals surface area contributed by atoms with Crippen LogP contribution in [0.15, 0.2) is 0 Å². The fourth-order valence-corrected chi connectivity index (χ4v) is 1.56. The number of carbonyl (C=O) groups is 1. The Labute approximate surface area is 84.0 Å². The van der Waals surface area contributed by atoms with Crippen LogP contribution in [0.5, 0.6) is 0 Å². The van der Waals surface area contributed by atoms with Crippen LogP contribution in [0.4, 0.5) is 0 Å². The monoisotopic (exact) mass is 205 g/mol. The molecule has 0 aromatic heterocycles. The molecule has 3 nitrogen and oxygen atoms in total. The maximum Gasteiger partial charge on any atom is 0.221 e. The Kier molecular flexibility index (Phi) is 5.35. The van der Waals surface area contributed by atoms with Gasteiger partial charge in [-0.1, -0.05) is 0 Å². The van der Waals surface area contributed by atoms with Crippen molar-refractivity contribution in [2.75, 3.05) is 32.8 Å². The van der Waals surface area contributed by atoms with Gasteiger partial charge in [-0.15, -0.1) is 0 Å². The molecule has 0 aliphatic carbocycles. The highest BCUT2D eigenvalue weighted by Gasteiger charge is 2.09. The second-order valence-corrected chi connectivity index (χ2v) is 3.69. The van der Waals surface area contributed by atoms with Crippen molar-refractivity contribution in [3.8, 4) is 0 Å². The molecular formula is C9H16ClNO2. The van der Waals surface area contributed by atoms with Crippen molar-refractivity contribution in [1.82, 2.24) is 4.90 Å². The molecule has 0 atom stereocenters. The second kappa shape index (κ2) is 6.35. The van der Waals surface area contributed by atoms with E-state index in [0.717, 1.165) is 45.7 Å². The Morgan fingerprint density at radius 1 is 1.31 bits per heavy atom. The normalized spacial score (nSPS) is 18.8. The summed E-state index contributed by atoms with van der Waals surface area (Å²) in [4.78, 5) is 12.8. The highest BCUT2D eigenvalue weighted by Crippen LogP contribution is 2.03. The molecule has 13 heavy (non-hydrogen) atoms. The lowest BCUT2D eigenvalue weighted by Gasteiger charge is -2.26. The van der Waals surface area contributed by atoms with Gasteiger partial charge < -0.3 is 4.74 Å². The molecule has 76 valence electrons. The molecule has 4 heteroatoms. The highest BCUT2D eigenvalue weighted by molar-refractivity contribution is 6.63. The van der Waals surface area contributed by atoms with Gasteiger partial charge >= 0.3 is 0 Å². The maximum atomic E-state index is 10.4. The summed E-state index contributed by atoms with van der Waals surface area (Å²) in [7, 11) is 0. The smallest absolute Gasteiger partial charge is 0.221 e. The van der Waals surface area contributed by atoms with Crippen LogP contribution in [-0.4, -0.2) is 43.0 Å². The van der Waals surface area contributed by atoms with Crippen LogP contribution in [0.1, 0.15) is 19.3 Å². The Morgan fingerprint density at radius 3 is 2.62 bits per heavy atom. The van der Waals surface area contributed by atoms with E-state index >= 15 is 0 Å². The average molecular weight is 206 g/mol. The standard InChI is InChI=1S/C9H16ClNO2/c10-9(12)3-1-2-4-11-5-7-13-8-6-11/h1-8H2. The zero-order valence-corrected chi connectivity index (χ0v) is 8.55. The summed E-state index contributed by atoms with van der Waals surface area (Å²) in [5.74, 6) is 0. The van der Waals surface area contributed by atoms with Gasteiger partial charge in [0.15, 0.2) is 0 Å². The van der Waals surface area contributed by atoms with E-state index in [0.29, 0.717) is 6.42 Å². The molecule has 1 saturated heterocycles. The lowest BCUT2D eigenvalue weighted by Crippen LogP contribution is -2.36. The van der Waals surface area contributed by atoms with Gasteiger partial charge in [-0.25, -0.2) is 0 Å². The van der Waals surface area contributed by atoms with E-state index in [1.54, 1.807) is 0 Å². The number of halogens is 1. The third-order valence-corrected chi connectivity index (χ3v) is 2.39.